The number of nitrogens with zero attached hydrogens (tertiary/aromatic N) is 2. The highest BCUT2D eigenvalue weighted by Crippen LogP contribution is 2.16. The number of aromatic nitrogens is 1. The molecule has 124 valence electrons. The van der Waals surface area contributed by atoms with Gasteiger partial charge in [-0.05, 0) is 31.1 Å². The quantitative estimate of drug-likeness (QED) is 0.787. The Balaban J connectivity index is 1.64. The number of nitrogens with one attached hydrogen (secondary N) is 1. The molecule has 1 aliphatic heterocycles. The van der Waals surface area contributed by atoms with Crippen LogP contribution >= 0.6 is 0 Å². The number of hydrogen-bond donors (Lipinski definition) is 1. The fourth-order valence-corrected chi connectivity index (χ4v) is 2.93. The smallest absolute Gasteiger partial charge is 0.223 e. The average Bonchev–Trinajstić information content (AvgIpc) is 2.90. The second-order valence-electron chi connectivity index (χ2n) is 6.90. The number of carbonyl (C=O) groups is 1. The molecule has 5 heteroatoms. The van der Waals surface area contributed by atoms with Crippen molar-refractivity contribution in [2.24, 2.45) is 11.8 Å². The fourth-order valence-electron chi connectivity index (χ4n) is 2.93. The van der Waals surface area contributed by atoms with E-state index in [1.165, 1.54) is 6.42 Å². The van der Waals surface area contributed by atoms with Gasteiger partial charge in [-0.15, -0.1) is 0 Å². The Kier molecular flexibility index (Phi) is 6.43. The predicted octanol–water partition coefficient (Wildman–Crippen LogP) is 2.61. The van der Waals surface area contributed by atoms with Gasteiger partial charge in [0.15, 0.2) is 5.76 Å². The second-order valence-corrected chi connectivity index (χ2v) is 6.90. The van der Waals surface area contributed by atoms with E-state index in [-0.39, 0.29) is 5.91 Å². The summed E-state index contributed by atoms with van der Waals surface area (Å²) in [5.74, 6) is 2.32. The Labute approximate surface area is 133 Å². The highest BCUT2D eigenvalue weighted by Gasteiger charge is 2.20. The van der Waals surface area contributed by atoms with Crippen LogP contribution in [0.4, 0.5) is 0 Å². The molecule has 1 saturated heterocycles. The maximum Gasteiger partial charge on any atom is 0.223 e. The molecular formula is C17H29N3O2. The van der Waals surface area contributed by atoms with Gasteiger partial charge in [0.1, 0.15) is 0 Å². The molecule has 0 unspecified atom stereocenters. The van der Waals surface area contributed by atoms with Crippen LogP contribution < -0.4 is 5.32 Å². The van der Waals surface area contributed by atoms with E-state index in [0.29, 0.717) is 31.3 Å². The Morgan fingerprint density at radius 1 is 1.55 bits per heavy atom. The van der Waals surface area contributed by atoms with E-state index in [1.54, 1.807) is 0 Å². The summed E-state index contributed by atoms with van der Waals surface area (Å²) in [7, 11) is 0. The molecular weight excluding hydrogens is 278 g/mol. The first-order valence-electron chi connectivity index (χ1n) is 8.47. The van der Waals surface area contributed by atoms with Crippen LogP contribution in [0, 0.1) is 11.8 Å². The fraction of sp³-hybridized carbons (Fsp3) is 0.765. The normalized spacial score (nSPS) is 18.9. The summed E-state index contributed by atoms with van der Waals surface area (Å²) in [6, 6.07) is 2.00. The van der Waals surface area contributed by atoms with Crippen LogP contribution in [-0.4, -0.2) is 35.6 Å². The van der Waals surface area contributed by atoms with Crippen molar-refractivity contribution < 1.29 is 9.32 Å². The lowest BCUT2D eigenvalue weighted by molar-refractivity contribution is -0.132. The van der Waals surface area contributed by atoms with Gasteiger partial charge in [0.05, 0.1) is 12.2 Å². The lowest BCUT2D eigenvalue weighted by Gasteiger charge is -2.31. The van der Waals surface area contributed by atoms with E-state index >= 15 is 0 Å². The molecule has 0 saturated carbocycles. The van der Waals surface area contributed by atoms with Crippen molar-refractivity contribution >= 4 is 5.91 Å². The van der Waals surface area contributed by atoms with Gasteiger partial charge in [0, 0.05) is 32.1 Å². The molecule has 0 radical (unpaired) electrons. The molecule has 0 spiro atoms. The molecule has 0 bridgehead atoms. The Morgan fingerprint density at radius 2 is 2.36 bits per heavy atom. The van der Waals surface area contributed by atoms with Crippen LogP contribution in [0.5, 0.6) is 0 Å². The standard InChI is InChI=1S/C17H29N3O2/c1-13(2)9-15-10-16(22-19-15)11-18-7-6-17(21)20-8-4-5-14(3)12-20/h10,13-14,18H,4-9,11-12H2,1-3H3/t14-/m0/s1. The summed E-state index contributed by atoms with van der Waals surface area (Å²) in [6.45, 7) is 9.71. The van der Waals surface area contributed by atoms with Crippen LogP contribution in [0.2, 0.25) is 0 Å². The Morgan fingerprint density at radius 3 is 3.09 bits per heavy atom. The largest absolute Gasteiger partial charge is 0.360 e. The van der Waals surface area contributed by atoms with E-state index < -0.39 is 0 Å². The predicted molar refractivity (Wildman–Crippen MR) is 86.3 cm³/mol. The van der Waals surface area contributed by atoms with Gasteiger partial charge in [-0.2, -0.15) is 0 Å². The van der Waals surface area contributed by atoms with E-state index in [0.717, 1.165) is 37.4 Å². The van der Waals surface area contributed by atoms with E-state index in [4.69, 9.17) is 4.52 Å². The van der Waals surface area contributed by atoms with Crippen LogP contribution in [0.3, 0.4) is 0 Å². The molecule has 2 heterocycles. The third-order valence-electron chi connectivity index (χ3n) is 4.05. The van der Waals surface area contributed by atoms with Gasteiger partial charge in [-0.25, -0.2) is 0 Å². The number of hydrogen-bond acceptors (Lipinski definition) is 4. The monoisotopic (exact) mass is 307 g/mol. The van der Waals surface area contributed by atoms with Crippen molar-refractivity contribution in [3.63, 3.8) is 0 Å². The van der Waals surface area contributed by atoms with Gasteiger partial charge >= 0.3 is 0 Å². The van der Waals surface area contributed by atoms with Crippen molar-refractivity contribution in [3.8, 4) is 0 Å². The summed E-state index contributed by atoms with van der Waals surface area (Å²) in [6.07, 6.45) is 3.87. The summed E-state index contributed by atoms with van der Waals surface area (Å²) >= 11 is 0. The van der Waals surface area contributed by atoms with Gasteiger partial charge < -0.3 is 14.7 Å². The second kappa shape index (κ2) is 8.32. The van der Waals surface area contributed by atoms with Crippen molar-refractivity contribution in [1.82, 2.24) is 15.4 Å². The van der Waals surface area contributed by atoms with Crippen molar-refractivity contribution in [2.45, 2.75) is 53.0 Å². The first-order valence-corrected chi connectivity index (χ1v) is 8.47. The van der Waals surface area contributed by atoms with Gasteiger partial charge in [0.2, 0.25) is 5.91 Å². The molecule has 1 N–H and O–H groups in total. The molecule has 1 amide bonds. The van der Waals surface area contributed by atoms with Gasteiger partial charge in [-0.3, -0.25) is 4.79 Å². The minimum Gasteiger partial charge on any atom is -0.360 e. The minimum absolute atomic E-state index is 0.261. The van der Waals surface area contributed by atoms with E-state index in [2.05, 4.69) is 31.2 Å². The minimum atomic E-state index is 0.261. The maximum absolute atomic E-state index is 12.1. The molecule has 1 fully saturated rings. The number of amides is 1. The van der Waals surface area contributed by atoms with Crippen LogP contribution in [-0.2, 0) is 17.8 Å². The Hall–Kier alpha value is -1.36. The molecule has 1 aromatic rings. The lowest BCUT2D eigenvalue weighted by atomic mass is 10.00. The molecule has 1 aliphatic rings. The SMILES string of the molecule is CC(C)Cc1cc(CNCCC(=O)N2CCC[C@H](C)C2)on1. The van der Waals surface area contributed by atoms with Crippen molar-refractivity contribution in [3.05, 3.63) is 17.5 Å². The molecule has 0 aromatic carbocycles. The topological polar surface area (TPSA) is 58.4 Å². The third kappa shape index (κ3) is 5.44. The number of likely N-dealkylation sites (tertiary alicyclic amines) is 1. The molecule has 1 aromatic heterocycles. The third-order valence-corrected chi connectivity index (χ3v) is 4.05. The molecule has 0 aliphatic carbocycles. The first kappa shape index (κ1) is 17.0. The van der Waals surface area contributed by atoms with Crippen molar-refractivity contribution in [2.75, 3.05) is 19.6 Å². The number of piperidine rings is 1. The molecule has 5 nitrogen and oxygen atoms in total. The summed E-state index contributed by atoms with van der Waals surface area (Å²) in [5, 5.41) is 7.33. The highest BCUT2D eigenvalue weighted by atomic mass is 16.5. The van der Waals surface area contributed by atoms with Gasteiger partial charge in [-0.1, -0.05) is 25.9 Å². The zero-order valence-electron chi connectivity index (χ0n) is 14.1. The van der Waals surface area contributed by atoms with E-state index in [1.807, 2.05) is 11.0 Å². The Bertz CT molecular complexity index is 470. The maximum atomic E-state index is 12.1. The van der Waals surface area contributed by atoms with Gasteiger partial charge in [0.25, 0.3) is 0 Å². The summed E-state index contributed by atoms with van der Waals surface area (Å²) in [4.78, 5) is 14.1. The molecule has 2 rings (SSSR count). The molecule has 1 atom stereocenters. The number of rotatable bonds is 7. The van der Waals surface area contributed by atoms with Crippen molar-refractivity contribution in [1.29, 1.82) is 0 Å². The highest BCUT2D eigenvalue weighted by molar-refractivity contribution is 5.76. The van der Waals surface area contributed by atoms with Crippen LogP contribution in [0.15, 0.2) is 10.6 Å². The average molecular weight is 307 g/mol. The first-order chi connectivity index (χ1) is 10.5. The number of carbonyl (C=O) groups excluding carboxylic acids is 1. The van der Waals surface area contributed by atoms with E-state index in [9.17, 15) is 4.79 Å². The van der Waals surface area contributed by atoms with Crippen LogP contribution in [0.1, 0.15) is 51.5 Å². The molecule has 22 heavy (non-hydrogen) atoms. The summed E-state index contributed by atoms with van der Waals surface area (Å²) < 4.78 is 5.30. The van der Waals surface area contributed by atoms with Crippen LogP contribution in [0.25, 0.3) is 0 Å². The summed E-state index contributed by atoms with van der Waals surface area (Å²) in [5.41, 5.74) is 1.00. The zero-order valence-corrected chi connectivity index (χ0v) is 14.1. The lowest BCUT2D eigenvalue weighted by Crippen LogP contribution is -2.40. The zero-order chi connectivity index (χ0) is 15.9.